The van der Waals surface area contributed by atoms with Crippen LogP contribution in [-0.2, 0) is 24.9 Å². The number of rotatable bonds is 6. The lowest BCUT2D eigenvalue weighted by Crippen LogP contribution is -2.32. The van der Waals surface area contributed by atoms with Crippen molar-refractivity contribution in [1.29, 1.82) is 0 Å². The molecule has 9 heteroatoms. The fourth-order valence-electron chi connectivity index (χ4n) is 3.84. The molecule has 28 heavy (non-hydrogen) atoms. The SMILES string of the molecule is Cn1c(=O)c2sccc2n2c(CN(Cc3ccco3)CC3CCCO3)nnc12. The molecule has 4 aromatic rings. The zero-order valence-electron chi connectivity index (χ0n) is 15.6. The number of furan rings is 1. The molecule has 0 aliphatic carbocycles. The van der Waals surface area contributed by atoms with E-state index in [-0.39, 0.29) is 11.7 Å². The van der Waals surface area contributed by atoms with Crippen LogP contribution in [0.1, 0.15) is 24.4 Å². The highest BCUT2D eigenvalue weighted by Gasteiger charge is 2.23. The molecule has 1 aliphatic heterocycles. The van der Waals surface area contributed by atoms with Crippen LogP contribution >= 0.6 is 11.3 Å². The molecule has 146 valence electrons. The van der Waals surface area contributed by atoms with Crippen molar-refractivity contribution in [1.82, 2.24) is 24.1 Å². The van der Waals surface area contributed by atoms with Crippen molar-refractivity contribution in [3.63, 3.8) is 0 Å². The van der Waals surface area contributed by atoms with E-state index in [9.17, 15) is 4.79 Å². The van der Waals surface area contributed by atoms with E-state index in [1.54, 1.807) is 17.9 Å². The van der Waals surface area contributed by atoms with Crippen LogP contribution in [0.25, 0.3) is 16.0 Å². The summed E-state index contributed by atoms with van der Waals surface area (Å²) in [7, 11) is 1.74. The third kappa shape index (κ3) is 3.05. The van der Waals surface area contributed by atoms with Crippen LogP contribution in [0.2, 0.25) is 0 Å². The molecule has 5 rings (SSSR count). The Morgan fingerprint density at radius 3 is 3.04 bits per heavy atom. The van der Waals surface area contributed by atoms with E-state index >= 15 is 0 Å². The normalized spacial score (nSPS) is 17.4. The molecule has 8 nitrogen and oxygen atoms in total. The van der Waals surface area contributed by atoms with Crippen molar-refractivity contribution < 1.29 is 9.15 Å². The molecule has 0 saturated carbocycles. The molecular formula is C19H21N5O3S. The molecule has 1 aliphatic rings. The van der Waals surface area contributed by atoms with E-state index in [0.717, 1.165) is 43.1 Å². The van der Waals surface area contributed by atoms with Crippen LogP contribution < -0.4 is 5.56 Å². The highest BCUT2D eigenvalue weighted by molar-refractivity contribution is 7.17. The maximum atomic E-state index is 12.5. The van der Waals surface area contributed by atoms with Crippen LogP contribution in [0.5, 0.6) is 0 Å². The van der Waals surface area contributed by atoms with Crippen molar-refractivity contribution in [2.24, 2.45) is 7.05 Å². The van der Waals surface area contributed by atoms with E-state index in [1.165, 1.54) is 11.3 Å². The second kappa shape index (κ2) is 7.16. The van der Waals surface area contributed by atoms with Crippen molar-refractivity contribution in [3.8, 4) is 0 Å². The van der Waals surface area contributed by atoms with E-state index in [4.69, 9.17) is 9.15 Å². The quantitative estimate of drug-likeness (QED) is 0.496. The zero-order valence-corrected chi connectivity index (χ0v) is 16.4. The number of aryl methyl sites for hydroxylation is 1. The lowest BCUT2D eigenvalue weighted by molar-refractivity contribution is 0.0645. The van der Waals surface area contributed by atoms with Gasteiger partial charge in [0.15, 0.2) is 5.82 Å². The maximum absolute atomic E-state index is 12.5. The van der Waals surface area contributed by atoms with E-state index < -0.39 is 0 Å². The van der Waals surface area contributed by atoms with Gasteiger partial charge < -0.3 is 9.15 Å². The number of nitrogens with zero attached hydrogens (tertiary/aromatic N) is 5. The first-order valence-corrected chi connectivity index (χ1v) is 10.2. The van der Waals surface area contributed by atoms with Crippen LogP contribution in [0.4, 0.5) is 0 Å². The van der Waals surface area contributed by atoms with Gasteiger partial charge in [-0.3, -0.25) is 18.7 Å². The van der Waals surface area contributed by atoms with Gasteiger partial charge in [-0.05, 0) is 36.4 Å². The number of hydrogen-bond acceptors (Lipinski definition) is 7. The minimum absolute atomic E-state index is 0.0387. The second-order valence-corrected chi connectivity index (χ2v) is 8.05. The summed E-state index contributed by atoms with van der Waals surface area (Å²) in [5.74, 6) is 2.26. The summed E-state index contributed by atoms with van der Waals surface area (Å²) >= 11 is 1.45. The summed E-state index contributed by atoms with van der Waals surface area (Å²) in [5, 5.41) is 10.6. The fraction of sp³-hybridized carbons (Fsp3) is 0.421. The van der Waals surface area contributed by atoms with Gasteiger partial charge in [-0.15, -0.1) is 21.5 Å². The lowest BCUT2D eigenvalue weighted by Gasteiger charge is -2.23. The summed E-state index contributed by atoms with van der Waals surface area (Å²) < 4.78 is 15.7. The average molecular weight is 399 g/mol. The van der Waals surface area contributed by atoms with Crippen molar-refractivity contribution >= 4 is 27.3 Å². The molecule has 1 saturated heterocycles. The number of hydrogen-bond donors (Lipinski definition) is 0. The number of thiophene rings is 1. The van der Waals surface area contributed by atoms with Crippen molar-refractivity contribution in [3.05, 3.63) is 51.8 Å². The smallest absolute Gasteiger partial charge is 0.272 e. The maximum Gasteiger partial charge on any atom is 0.272 e. The van der Waals surface area contributed by atoms with Gasteiger partial charge in [0.05, 0.1) is 31.0 Å². The van der Waals surface area contributed by atoms with E-state index in [2.05, 4.69) is 15.1 Å². The van der Waals surface area contributed by atoms with Crippen LogP contribution in [0.15, 0.2) is 39.1 Å². The first-order valence-electron chi connectivity index (χ1n) is 9.37. The van der Waals surface area contributed by atoms with Crippen LogP contribution in [-0.4, -0.2) is 43.3 Å². The van der Waals surface area contributed by atoms with Gasteiger partial charge >= 0.3 is 0 Å². The molecular weight excluding hydrogens is 378 g/mol. The molecule has 0 spiro atoms. The van der Waals surface area contributed by atoms with E-state index in [0.29, 0.717) is 23.6 Å². The number of aromatic nitrogens is 4. The predicted octanol–water partition coefficient (Wildman–Crippen LogP) is 2.42. The van der Waals surface area contributed by atoms with Gasteiger partial charge in [0.2, 0.25) is 5.78 Å². The molecule has 1 atom stereocenters. The molecule has 0 amide bonds. The molecule has 0 N–H and O–H groups in total. The predicted molar refractivity (Wildman–Crippen MR) is 105 cm³/mol. The summed E-state index contributed by atoms with van der Waals surface area (Å²) in [6.45, 7) is 2.88. The van der Waals surface area contributed by atoms with E-state index in [1.807, 2.05) is 28.0 Å². The molecule has 4 aromatic heterocycles. The van der Waals surface area contributed by atoms with Gasteiger partial charge in [0.1, 0.15) is 10.5 Å². The monoisotopic (exact) mass is 399 g/mol. The van der Waals surface area contributed by atoms with Gasteiger partial charge in [-0.2, -0.15) is 0 Å². The van der Waals surface area contributed by atoms with Gasteiger partial charge in [0, 0.05) is 20.2 Å². The third-order valence-corrected chi connectivity index (χ3v) is 6.10. The molecule has 1 unspecified atom stereocenters. The Bertz CT molecular complexity index is 1150. The van der Waals surface area contributed by atoms with Gasteiger partial charge in [0.25, 0.3) is 5.56 Å². The average Bonchev–Trinajstić information content (AvgIpc) is 3.46. The number of fused-ring (bicyclic) bond motifs is 3. The first kappa shape index (κ1) is 17.6. The molecule has 0 aromatic carbocycles. The summed E-state index contributed by atoms with van der Waals surface area (Å²) in [6, 6.07) is 5.83. The Morgan fingerprint density at radius 1 is 1.32 bits per heavy atom. The second-order valence-electron chi connectivity index (χ2n) is 7.13. The summed E-state index contributed by atoms with van der Waals surface area (Å²) in [4.78, 5) is 14.8. The summed E-state index contributed by atoms with van der Waals surface area (Å²) in [5.41, 5.74) is 0.821. The molecule has 5 heterocycles. The third-order valence-electron chi connectivity index (χ3n) is 5.21. The Labute approximate surface area is 165 Å². The minimum atomic E-state index is -0.0387. The van der Waals surface area contributed by atoms with Crippen LogP contribution in [0, 0.1) is 0 Å². The highest BCUT2D eigenvalue weighted by Crippen LogP contribution is 2.21. The lowest BCUT2D eigenvalue weighted by atomic mass is 10.2. The molecule has 0 radical (unpaired) electrons. The van der Waals surface area contributed by atoms with Crippen LogP contribution in [0.3, 0.4) is 0 Å². The largest absolute Gasteiger partial charge is 0.468 e. The Hall–Kier alpha value is -2.49. The van der Waals surface area contributed by atoms with Crippen molar-refractivity contribution in [2.75, 3.05) is 13.2 Å². The topological polar surface area (TPSA) is 77.8 Å². The van der Waals surface area contributed by atoms with Gasteiger partial charge in [-0.25, -0.2) is 0 Å². The minimum Gasteiger partial charge on any atom is -0.468 e. The fourth-order valence-corrected chi connectivity index (χ4v) is 4.69. The van der Waals surface area contributed by atoms with Gasteiger partial charge in [-0.1, -0.05) is 0 Å². The summed E-state index contributed by atoms with van der Waals surface area (Å²) in [6.07, 6.45) is 4.08. The molecule has 1 fully saturated rings. The molecule has 0 bridgehead atoms. The highest BCUT2D eigenvalue weighted by atomic mass is 32.1. The Balaban J connectivity index is 1.52. The Morgan fingerprint density at radius 2 is 2.25 bits per heavy atom. The Kier molecular flexibility index (Phi) is 4.50. The standard InChI is InChI=1S/C19H21N5O3S/c1-22-18(25)17-15(6-9-28-17)24-16(20-21-19(22)24)12-23(10-13-4-2-7-26-13)11-14-5-3-8-27-14/h2,4,6-7,9,14H,3,5,8,10-12H2,1H3. The zero-order chi connectivity index (χ0) is 19.1. The van der Waals surface area contributed by atoms with Crippen molar-refractivity contribution in [2.45, 2.75) is 32.0 Å². The first-order chi connectivity index (χ1) is 13.7. The number of ether oxygens (including phenoxy) is 1.